The first-order chi connectivity index (χ1) is 16.3. The molecule has 3 N–H and O–H groups in total. The zero-order valence-electron chi connectivity index (χ0n) is 19.7. The van der Waals surface area contributed by atoms with Crippen LogP contribution in [0.1, 0.15) is 56.2 Å². The number of hydrogen-bond acceptors (Lipinski definition) is 5. The number of anilines is 3. The van der Waals surface area contributed by atoms with Crippen LogP contribution in [-0.4, -0.2) is 23.7 Å². The number of ether oxygens (including phenoxy) is 1. The van der Waals surface area contributed by atoms with Gasteiger partial charge in [-0.05, 0) is 67.3 Å². The molecule has 8 heteroatoms. The number of urea groups is 1. The van der Waals surface area contributed by atoms with Gasteiger partial charge in [-0.1, -0.05) is 32.3 Å². The summed E-state index contributed by atoms with van der Waals surface area (Å²) in [5.74, 6) is 2.24. The van der Waals surface area contributed by atoms with E-state index in [1.54, 1.807) is 30.3 Å². The van der Waals surface area contributed by atoms with Crippen molar-refractivity contribution in [3.8, 4) is 5.75 Å². The summed E-state index contributed by atoms with van der Waals surface area (Å²) >= 11 is 0. The van der Waals surface area contributed by atoms with E-state index in [1.807, 2.05) is 45.0 Å². The molecule has 0 aliphatic heterocycles. The van der Waals surface area contributed by atoms with Crippen molar-refractivity contribution in [2.45, 2.75) is 45.4 Å². The molecule has 0 spiro atoms. The Hall–Kier alpha value is -3.81. The van der Waals surface area contributed by atoms with Gasteiger partial charge >= 0.3 is 6.03 Å². The molecular weight excluding hydrogens is 432 g/mol. The highest BCUT2D eigenvalue weighted by Gasteiger charge is 2.20. The Morgan fingerprint density at radius 1 is 0.971 bits per heavy atom. The van der Waals surface area contributed by atoms with E-state index in [0.29, 0.717) is 34.4 Å². The van der Waals surface area contributed by atoms with Crippen molar-refractivity contribution in [1.82, 2.24) is 5.16 Å². The summed E-state index contributed by atoms with van der Waals surface area (Å²) in [5.41, 5.74) is 1.50. The maximum absolute atomic E-state index is 12.6. The van der Waals surface area contributed by atoms with Crippen molar-refractivity contribution < 1.29 is 18.8 Å². The van der Waals surface area contributed by atoms with Crippen LogP contribution in [0, 0.1) is 5.92 Å². The second-order valence-electron chi connectivity index (χ2n) is 9.57. The summed E-state index contributed by atoms with van der Waals surface area (Å²) in [4.78, 5) is 24.8. The van der Waals surface area contributed by atoms with Gasteiger partial charge in [0.1, 0.15) is 11.5 Å². The summed E-state index contributed by atoms with van der Waals surface area (Å²) in [6.45, 7) is 6.74. The first-order valence-electron chi connectivity index (χ1n) is 11.5. The standard InChI is InChI=1S/C26H30N4O4/c1-26(2,3)22-15-23(30-34-22)29-25(32)28-20-9-7-18(8-10-20)24(31)27-19-11-13-21(14-12-19)33-16-17-5-4-6-17/h7-15,17H,4-6,16H2,1-3H3,(H,27,31)(H2,28,29,30,32). The number of rotatable bonds is 7. The van der Waals surface area contributed by atoms with Crippen molar-refractivity contribution >= 4 is 29.1 Å². The Morgan fingerprint density at radius 3 is 2.21 bits per heavy atom. The van der Waals surface area contributed by atoms with Crippen LogP contribution in [0.15, 0.2) is 59.1 Å². The van der Waals surface area contributed by atoms with Crippen molar-refractivity contribution in [1.29, 1.82) is 0 Å². The maximum Gasteiger partial charge on any atom is 0.324 e. The minimum absolute atomic E-state index is 0.203. The van der Waals surface area contributed by atoms with Crippen molar-refractivity contribution in [3.05, 3.63) is 65.9 Å². The zero-order chi connectivity index (χ0) is 24.1. The third kappa shape index (κ3) is 6.15. The highest BCUT2D eigenvalue weighted by atomic mass is 16.5. The van der Waals surface area contributed by atoms with Crippen LogP contribution in [0.4, 0.5) is 22.0 Å². The SMILES string of the molecule is CC(C)(C)c1cc(NC(=O)Nc2ccc(C(=O)Nc3ccc(OCC4CCC4)cc3)cc2)no1. The molecule has 3 amide bonds. The Balaban J connectivity index is 1.26. The molecule has 0 atom stereocenters. The molecule has 3 aromatic rings. The molecule has 8 nitrogen and oxygen atoms in total. The molecular formula is C26H30N4O4. The molecule has 0 radical (unpaired) electrons. The largest absolute Gasteiger partial charge is 0.493 e. The van der Waals surface area contributed by atoms with E-state index >= 15 is 0 Å². The lowest BCUT2D eigenvalue weighted by Gasteiger charge is -2.25. The first kappa shape index (κ1) is 23.4. The molecule has 1 aliphatic carbocycles. The number of benzene rings is 2. The smallest absolute Gasteiger partial charge is 0.324 e. The van der Waals surface area contributed by atoms with Gasteiger partial charge in [0.15, 0.2) is 5.82 Å². The molecule has 1 heterocycles. The molecule has 1 saturated carbocycles. The average molecular weight is 463 g/mol. The van der Waals surface area contributed by atoms with Gasteiger partial charge in [0.05, 0.1) is 6.61 Å². The Morgan fingerprint density at radius 2 is 1.62 bits per heavy atom. The molecule has 1 aromatic heterocycles. The van der Waals surface area contributed by atoms with E-state index in [2.05, 4.69) is 21.1 Å². The van der Waals surface area contributed by atoms with E-state index < -0.39 is 6.03 Å². The molecule has 4 rings (SSSR count). The van der Waals surface area contributed by atoms with Crippen molar-refractivity contribution in [2.24, 2.45) is 5.92 Å². The molecule has 0 saturated heterocycles. The molecule has 1 aliphatic rings. The lowest BCUT2D eigenvalue weighted by Crippen LogP contribution is -2.20. The number of hydrogen-bond donors (Lipinski definition) is 3. The second-order valence-corrected chi connectivity index (χ2v) is 9.57. The van der Waals surface area contributed by atoms with Crippen molar-refractivity contribution in [3.63, 3.8) is 0 Å². The Kier molecular flexibility index (Phi) is 6.86. The third-order valence-corrected chi connectivity index (χ3v) is 5.72. The Bertz CT molecular complexity index is 1130. The third-order valence-electron chi connectivity index (χ3n) is 5.72. The highest BCUT2D eigenvalue weighted by molar-refractivity contribution is 6.05. The van der Waals surface area contributed by atoms with Crippen LogP contribution in [0.2, 0.25) is 0 Å². The first-order valence-corrected chi connectivity index (χ1v) is 11.5. The fourth-order valence-corrected chi connectivity index (χ4v) is 3.38. The normalized spacial score (nSPS) is 13.6. The quantitative estimate of drug-likeness (QED) is 0.396. The number of amides is 3. The van der Waals surface area contributed by atoms with Gasteiger partial charge in [-0.15, -0.1) is 0 Å². The van der Waals surface area contributed by atoms with Gasteiger partial charge in [0.2, 0.25) is 0 Å². The molecule has 34 heavy (non-hydrogen) atoms. The summed E-state index contributed by atoms with van der Waals surface area (Å²) in [6, 6.07) is 15.2. The topological polar surface area (TPSA) is 105 Å². The second kappa shape index (κ2) is 9.99. The fraction of sp³-hybridized carbons (Fsp3) is 0.346. The van der Waals surface area contributed by atoms with E-state index in [-0.39, 0.29) is 11.3 Å². The molecule has 178 valence electrons. The van der Waals surface area contributed by atoms with E-state index in [4.69, 9.17) is 9.26 Å². The number of carbonyl (C=O) groups is 2. The zero-order valence-corrected chi connectivity index (χ0v) is 19.7. The van der Waals surface area contributed by atoms with Gasteiger partial charge < -0.3 is 19.9 Å². The summed E-state index contributed by atoms with van der Waals surface area (Å²) in [5, 5.41) is 12.1. The van der Waals surface area contributed by atoms with E-state index in [0.717, 1.165) is 12.4 Å². The fourth-order valence-electron chi connectivity index (χ4n) is 3.38. The minimum Gasteiger partial charge on any atom is -0.493 e. The summed E-state index contributed by atoms with van der Waals surface area (Å²) in [6.07, 6.45) is 3.78. The molecule has 1 fully saturated rings. The highest BCUT2D eigenvalue weighted by Crippen LogP contribution is 2.27. The lowest BCUT2D eigenvalue weighted by atomic mass is 9.86. The van der Waals surface area contributed by atoms with Crippen LogP contribution in [0.5, 0.6) is 5.75 Å². The van der Waals surface area contributed by atoms with Gasteiger partial charge in [0, 0.05) is 28.4 Å². The average Bonchev–Trinajstić information content (AvgIpc) is 3.23. The monoisotopic (exact) mass is 462 g/mol. The number of nitrogens with one attached hydrogen (secondary N) is 3. The van der Waals surface area contributed by atoms with Gasteiger partial charge in [-0.25, -0.2) is 4.79 Å². The van der Waals surface area contributed by atoms with Crippen LogP contribution < -0.4 is 20.7 Å². The predicted molar refractivity (Wildman–Crippen MR) is 132 cm³/mol. The summed E-state index contributed by atoms with van der Waals surface area (Å²) in [7, 11) is 0. The van der Waals surface area contributed by atoms with Crippen LogP contribution in [0.3, 0.4) is 0 Å². The molecule has 0 bridgehead atoms. The van der Waals surface area contributed by atoms with E-state index in [1.165, 1.54) is 19.3 Å². The van der Waals surface area contributed by atoms with Crippen LogP contribution in [-0.2, 0) is 5.41 Å². The van der Waals surface area contributed by atoms with Gasteiger partial charge in [-0.2, -0.15) is 0 Å². The predicted octanol–water partition coefficient (Wildman–Crippen LogP) is 6.05. The Labute approximate surface area is 199 Å². The lowest BCUT2D eigenvalue weighted by molar-refractivity contribution is 0.102. The maximum atomic E-state index is 12.6. The van der Waals surface area contributed by atoms with Crippen LogP contribution >= 0.6 is 0 Å². The minimum atomic E-state index is -0.453. The van der Waals surface area contributed by atoms with E-state index in [9.17, 15) is 9.59 Å². The molecule has 0 unspecified atom stereocenters. The number of nitrogens with zero attached hydrogens (tertiary/aromatic N) is 1. The number of carbonyl (C=O) groups excluding carboxylic acids is 2. The summed E-state index contributed by atoms with van der Waals surface area (Å²) < 4.78 is 11.1. The van der Waals surface area contributed by atoms with Gasteiger partial charge in [-0.3, -0.25) is 10.1 Å². The van der Waals surface area contributed by atoms with Gasteiger partial charge in [0.25, 0.3) is 5.91 Å². The van der Waals surface area contributed by atoms with Crippen molar-refractivity contribution in [2.75, 3.05) is 22.6 Å². The number of aromatic nitrogens is 1. The molecule has 2 aromatic carbocycles. The van der Waals surface area contributed by atoms with Crippen LogP contribution in [0.25, 0.3) is 0 Å².